The number of benzene rings is 2. The van der Waals surface area contributed by atoms with Gasteiger partial charge in [0.15, 0.2) is 0 Å². The van der Waals surface area contributed by atoms with E-state index >= 15 is 0 Å². The van der Waals surface area contributed by atoms with Crippen LogP contribution in [0.1, 0.15) is 22.3 Å². The number of carbonyl (C=O) groups excluding carboxylic acids is 1. The van der Waals surface area contributed by atoms with Crippen molar-refractivity contribution in [3.05, 3.63) is 65.7 Å². The van der Waals surface area contributed by atoms with E-state index in [0.29, 0.717) is 5.92 Å². The molecule has 1 atom stereocenters. The van der Waals surface area contributed by atoms with Crippen LogP contribution in [0.3, 0.4) is 0 Å². The molecule has 3 rings (SSSR count). The van der Waals surface area contributed by atoms with Crippen molar-refractivity contribution < 1.29 is 4.79 Å². The highest BCUT2D eigenvalue weighted by Gasteiger charge is 2.26. The van der Waals surface area contributed by atoms with Gasteiger partial charge < -0.3 is 10.2 Å². The zero-order chi connectivity index (χ0) is 16.8. The first-order valence-electron chi connectivity index (χ1n) is 8.47. The third-order valence-electron chi connectivity index (χ3n) is 4.42. The lowest BCUT2D eigenvalue weighted by Crippen LogP contribution is -2.30. The third-order valence-corrected chi connectivity index (χ3v) is 5.50. The van der Waals surface area contributed by atoms with Crippen molar-refractivity contribution in [1.29, 1.82) is 0 Å². The molecule has 3 nitrogen and oxygen atoms in total. The number of carbonyl (C=O) groups is 1. The molecule has 0 aliphatic carbocycles. The summed E-state index contributed by atoms with van der Waals surface area (Å²) in [6.45, 7) is 2.72. The first kappa shape index (κ1) is 19.8. The number of likely N-dealkylation sites (tertiary alicyclic amines) is 1. The Labute approximate surface area is 160 Å². The van der Waals surface area contributed by atoms with Crippen molar-refractivity contribution >= 4 is 30.1 Å². The smallest absolute Gasteiger partial charge is 0.253 e. The second-order valence-corrected chi connectivity index (χ2v) is 7.31. The summed E-state index contributed by atoms with van der Waals surface area (Å²) in [5.74, 6) is 1.67. The van der Waals surface area contributed by atoms with Gasteiger partial charge in [-0.2, -0.15) is 0 Å². The second-order valence-electron chi connectivity index (χ2n) is 6.26. The number of hydrogen-bond acceptors (Lipinski definition) is 3. The molecule has 25 heavy (non-hydrogen) atoms. The molecular formula is C20H25ClN2OS. The molecule has 5 heteroatoms. The largest absolute Gasteiger partial charge is 0.338 e. The number of nitrogens with one attached hydrogen (secondary N) is 1. The van der Waals surface area contributed by atoms with Crippen LogP contribution in [0.25, 0.3) is 0 Å². The molecule has 0 bridgehead atoms. The fourth-order valence-electron chi connectivity index (χ4n) is 3.08. The highest BCUT2D eigenvalue weighted by molar-refractivity contribution is 7.98. The Morgan fingerprint density at radius 3 is 2.56 bits per heavy atom. The molecule has 0 aromatic heterocycles. The molecule has 1 aliphatic rings. The van der Waals surface area contributed by atoms with Crippen LogP contribution >= 0.6 is 24.2 Å². The molecule has 0 saturated carbocycles. The van der Waals surface area contributed by atoms with Crippen LogP contribution in [-0.2, 0) is 5.75 Å². The number of thioether (sulfide) groups is 1. The van der Waals surface area contributed by atoms with E-state index in [1.54, 1.807) is 0 Å². The Morgan fingerprint density at radius 1 is 1.16 bits per heavy atom. The van der Waals surface area contributed by atoms with Crippen molar-refractivity contribution in [3.63, 3.8) is 0 Å². The number of rotatable bonds is 6. The first-order chi connectivity index (χ1) is 11.8. The van der Waals surface area contributed by atoms with Gasteiger partial charge in [0.25, 0.3) is 5.91 Å². The quantitative estimate of drug-likeness (QED) is 0.771. The van der Waals surface area contributed by atoms with Crippen LogP contribution in [-0.4, -0.2) is 37.5 Å². The predicted molar refractivity (Wildman–Crippen MR) is 108 cm³/mol. The Balaban J connectivity index is 0.00000225. The van der Waals surface area contributed by atoms with Gasteiger partial charge in [-0.05, 0) is 55.8 Å². The zero-order valence-corrected chi connectivity index (χ0v) is 16.1. The predicted octanol–water partition coefficient (Wildman–Crippen LogP) is 4.08. The summed E-state index contributed by atoms with van der Waals surface area (Å²) in [5, 5.41) is 3.20. The molecule has 1 unspecified atom stereocenters. The van der Waals surface area contributed by atoms with E-state index in [2.05, 4.69) is 41.7 Å². The second kappa shape index (κ2) is 9.85. The minimum absolute atomic E-state index is 0. The molecular weight excluding hydrogens is 352 g/mol. The summed E-state index contributed by atoms with van der Waals surface area (Å²) >= 11 is 1.82. The maximum atomic E-state index is 12.6. The van der Waals surface area contributed by atoms with Crippen molar-refractivity contribution in [2.24, 2.45) is 5.92 Å². The summed E-state index contributed by atoms with van der Waals surface area (Å²) < 4.78 is 0. The average molecular weight is 377 g/mol. The number of halogens is 1. The van der Waals surface area contributed by atoms with Crippen molar-refractivity contribution in [1.82, 2.24) is 10.2 Å². The standard InChI is InChI=1S/C20H24N2OS.ClH/c1-21-13-17-11-12-22(14-17)20(23)18-9-7-16(8-10-18)15-24-19-5-3-2-4-6-19;/h2-10,17,21H,11-15H2,1H3;1H. The summed E-state index contributed by atoms with van der Waals surface area (Å²) in [6.07, 6.45) is 1.10. The van der Waals surface area contributed by atoms with Crippen molar-refractivity contribution in [2.75, 3.05) is 26.7 Å². The molecule has 1 amide bonds. The average Bonchev–Trinajstić information content (AvgIpc) is 3.10. The molecule has 1 aliphatic heterocycles. The summed E-state index contributed by atoms with van der Waals surface area (Å²) in [5.41, 5.74) is 2.04. The van der Waals surface area contributed by atoms with Gasteiger partial charge in [0.2, 0.25) is 0 Å². The van der Waals surface area contributed by atoms with Crippen molar-refractivity contribution in [3.8, 4) is 0 Å². The van der Waals surface area contributed by atoms with Crippen LogP contribution in [0.15, 0.2) is 59.5 Å². The minimum Gasteiger partial charge on any atom is -0.338 e. The molecule has 1 heterocycles. The maximum Gasteiger partial charge on any atom is 0.253 e. The van der Waals surface area contributed by atoms with Gasteiger partial charge in [-0.25, -0.2) is 0 Å². The van der Waals surface area contributed by atoms with Gasteiger partial charge in [0.05, 0.1) is 0 Å². The van der Waals surface area contributed by atoms with Gasteiger partial charge in [0, 0.05) is 29.3 Å². The highest BCUT2D eigenvalue weighted by atomic mass is 35.5. The normalized spacial score (nSPS) is 16.5. The molecule has 0 spiro atoms. The van der Waals surface area contributed by atoms with Gasteiger partial charge in [-0.15, -0.1) is 24.2 Å². The van der Waals surface area contributed by atoms with Gasteiger partial charge >= 0.3 is 0 Å². The Morgan fingerprint density at radius 2 is 1.88 bits per heavy atom. The first-order valence-corrected chi connectivity index (χ1v) is 9.45. The van der Waals surface area contributed by atoms with E-state index in [1.165, 1.54) is 10.5 Å². The fourth-order valence-corrected chi connectivity index (χ4v) is 3.96. The SMILES string of the molecule is CNCC1CCN(C(=O)c2ccc(CSc3ccccc3)cc2)C1.Cl. The monoisotopic (exact) mass is 376 g/mol. The number of hydrogen-bond donors (Lipinski definition) is 1. The number of amides is 1. The summed E-state index contributed by atoms with van der Waals surface area (Å²) in [6, 6.07) is 18.5. The molecule has 1 N–H and O–H groups in total. The minimum atomic E-state index is 0. The lowest BCUT2D eigenvalue weighted by molar-refractivity contribution is 0.0787. The van der Waals surface area contributed by atoms with E-state index in [-0.39, 0.29) is 18.3 Å². The van der Waals surface area contributed by atoms with Crippen molar-refractivity contribution in [2.45, 2.75) is 17.1 Å². The molecule has 0 radical (unpaired) electrons. The van der Waals surface area contributed by atoms with Gasteiger partial charge in [-0.3, -0.25) is 4.79 Å². The fraction of sp³-hybridized carbons (Fsp3) is 0.350. The van der Waals surface area contributed by atoms with Crippen LogP contribution in [0, 0.1) is 5.92 Å². The summed E-state index contributed by atoms with van der Waals surface area (Å²) in [4.78, 5) is 15.8. The van der Waals surface area contributed by atoms with Gasteiger partial charge in [0.1, 0.15) is 0 Å². The molecule has 2 aromatic carbocycles. The topological polar surface area (TPSA) is 32.3 Å². The molecule has 134 valence electrons. The molecule has 2 aromatic rings. The van der Waals surface area contributed by atoms with E-state index in [4.69, 9.17) is 0 Å². The highest BCUT2D eigenvalue weighted by Crippen LogP contribution is 2.23. The van der Waals surface area contributed by atoms with E-state index in [1.807, 2.05) is 41.9 Å². The van der Waals surface area contributed by atoms with Crippen LogP contribution in [0.5, 0.6) is 0 Å². The Hall–Kier alpha value is -1.49. The number of nitrogens with zero attached hydrogens (tertiary/aromatic N) is 1. The van der Waals surface area contributed by atoms with E-state index in [9.17, 15) is 4.79 Å². The lowest BCUT2D eigenvalue weighted by atomic mass is 10.1. The van der Waals surface area contributed by atoms with Crippen LogP contribution in [0.4, 0.5) is 0 Å². The lowest BCUT2D eigenvalue weighted by Gasteiger charge is -2.17. The molecule has 1 saturated heterocycles. The zero-order valence-electron chi connectivity index (χ0n) is 14.5. The van der Waals surface area contributed by atoms with E-state index in [0.717, 1.165) is 37.4 Å². The van der Waals surface area contributed by atoms with Crippen LogP contribution in [0.2, 0.25) is 0 Å². The molecule has 1 fully saturated rings. The Kier molecular flexibility index (Phi) is 7.82. The summed E-state index contributed by atoms with van der Waals surface area (Å²) in [7, 11) is 1.97. The third kappa shape index (κ3) is 5.50. The van der Waals surface area contributed by atoms with E-state index < -0.39 is 0 Å². The van der Waals surface area contributed by atoms with Crippen LogP contribution < -0.4 is 5.32 Å². The maximum absolute atomic E-state index is 12.6. The van der Waals surface area contributed by atoms with Gasteiger partial charge in [-0.1, -0.05) is 30.3 Å². The Bertz CT molecular complexity index is 663.